The van der Waals surface area contributed by atoms with Crippen molar-refractivity contribution in [3.63, 3.8) is 0 Å². The molecular formula is C23H25FN4O. The van der Waals surface area contributed by atoms with Crippen LogP contribution in [0.1, 0.15) is 34.3 Å². The number of aromatic amines is 1. The zero-order valence-electron chi connectivity index (χ0n) is 16.7. The summed E-state index contributed by atoms with van der Waals surface area (Å²) in [5, 5.41) is 10.6. The van der Waals surface area contributed by atoms with Crippen molar-refractivity contribution in [3.05, 3.63) is 71.0 Å². The summed E-state index contributed by atoms with van der Waals surface area (Å²) < 4.78 is 13.1. The maximum absolute atomic E-state index is 13.1. The fourth-order valence-corrected chi connectivity index (χ4v) is 3.93. The minimum Gasteiger partial charge on any atom is -0.353 e. The molecule has 6 heteroatoms. The second-order valence-electron chi connectivity index (χ2n) is 7.78. The Morgan fingerprint density at radius 2 is 1.86 bits per heavy atom. The summed E-state index contributed by atoms with van der Waals surface area (Å²) in [6.45, 7) is 5.61. The van der Waals surface area contributed by atoms with Gasteiger partial charge in [0.15, 0.2) is 5.82 Å². The number of aryl methyl sites for hydroxylation is 2. The van der Waals surface area contributed by atoms with Gasteiger partial charge in [-0.25, -0.2) is 4.39 Å². The van der Waals surface area contributed by atoms with Crippen molar-refractivity contribution in [1.82, 2.24) is 15.5 Å². The first-order valence-corrected chi connectivity index (χ1v) is 9.93. The molecule has 2 heterocycles. The van der Waals surface area contributed by atoms with Gasteiger partial charge in [0.2, 0.25) is 0 Å². The molecule has 5 nitrogen and oxygen atoms in total. The molecule has 2 aromatic carbocycles. The summed E-state index contributed by atoms with van der Waals surface area (Å²) in [6.07, 6.45) is 1.93. The highest BCUT2D eigenvalue weighted by molar-refractivity contribution is 5.94. The van der Waals surface area contributed by atoms with E-state index in [1.807, 2.05) is 32.0 Å². The van der Waals surface area contributed by atoms with Gasteiger partial charge in [-0.3, -0.25) is 9.89 Å². The Morgan fingerprint density at radius 3 is 2.59 bits per heavy atom. The third kappa shape index (κ3) is 4.47. The Morgan fingerprint density at radius 1 is 1.14 bits per heavy atom. The Kier molecular flexibility index (Phi) is 5.34. The lowest BCUT2D eigenvalue weighted by molar-refractivity contribution is 0.0933. The molecule has 3 aromatic rings. The van der Waals surface area contributed by atoms with E-state index in [1.165, 1.54) is 12.1 Å². The van der Waals surface area contributed by atoms with Crippen molar-refractivity contribution in [2.75, 3.05) is 18.0 Å². The smallest absolute Gasteiger partial charge is 0.251 e. The Balaban J connectivity index is 1.43. The largest absolute Gasteiger partial charge is 0.353 e. The molecule has 0 saturated carbocycles. The summed E-state index contributed by atoms with van der Waals surface area (Å²) in [7, 11) is 0. The van der Waals surface area contributed by atoms with Gasteiger partial charge in [0.05, 0.1) is 5.69 Å². The molecule has 1 fully saturated rings. The second-order valence-corrected chi connectivity index (χ2v) is 7.78. The summed E-state index contributed by atoms with van der Waals surface area (Å²) in [5.41, 5.74) is 4.62. The van der Waals surface area contributed by atoms with Gasteiger partial charge in [0, 0.05) is 30.8 Å². The van der Waals surface area contributed by atoms with Crippen LogP contribution in [0.5, 0.6) is 0 Å². The van der Waals surface area contributed by atoms with Crippen LogP contribution in [0.25, 0.3) is 11.3 Å². The predicted molar refractivity (Wildman–Crippen MR) is 113 cm³/mol. The first-order valence-electron chi connectivity index (χ1n) is 9.93. The summed E-state index contributed by atoms with van der Waals surface area (Å²) in [6, 6.07) is 14.3. The molecule has 29 heavy (non-hydrogen) atoms. The van der Waals surface area contributed by atoms with Crippen LogP contribution in [0.4, 0.5) is 10.2 Å². The summed E-state index contributed by atoms with van der Waals surface area (Å²) in [5.74, 6) is 0.555. The first-order chi connectivity index (χ1) is 14.0. The van der Waals surface area contributed by atoms with Crippen molar-refractivity contribution >= 4 is 11.7 Å². The maximum atomic E-state index is 13.1. The number of anilines is 1. The lowest BCUT2D eigenvalue weighted by Gasteiger charge is -2.33. The minimum atomic E-state index is -0.257. The normalized spacial score (nSPS) is 16.7. The van der Waals surface area contributed by atoms with Gasteiger partial charge < -0.3 is 10.2 Å². The highest BCUT2D eigenvalue weighted by atomic mass is 19.1. The second kappa shape index (κ2) is 8.07. The van der Waals surface area contributed by atoms with Crippen LogP contribution in [0.3, 0.4) is 0 Å². The maximum Gasteiger partial charge on any atom is 0.251 e. The van der Waals surface area contributed by atoms with E-state index < -0.39 is 0 Å². The van der Waals surface area contributed by atoms with Crippen LogP contribution in [-0.2, 0) is 0 Å². The molecule has 1 aliphatic heterocycles. The van der Waals surface area contributed by atoms with E-state index in [-0.39, 0.29) is 17.8 Å². The third-order valence-corrected chi connectivity index (χ3v) is 5.28. The standard InChI is InChI=1S/C23H25FN4O/c1-15-10-16(2)12-18(11-15)23(29)25-20-4-3-9-28(14-20)22-13-21(26-27-22)17-5-7-19(24)8-6-17/h5-8,10-13,20H,3-4,9,14H2,1-2H3,(H,25,29)(H,26,27)/t20-/m0/s1. The highest BCUT2D eigenvalue weighted by Gasteiger charge is 2.24. The zero-order valence-corrected chi connectivity index (χ0v) is 16.7. The van der Waals surface area contributed by atoms with E-state index in [4.69, 9.17) is 0 Å². The van der Waals surface area contributed by atoms with Gasteiger partial charge in [-0.1, -0.05) is 17.2 Å². The SMILES string of the molecule is Cc1cc(C)cc(C(=O)N[C@H]2CCCN(c3cc(-c4ccc(F)cc4)[nH]n3)C2)c1. The van der Waals surface area contributed by atoms with Gasteiger partial charge in [-0.05, 0) is 68.7 Å². The van der Waals surface area contributed by atoms with Crippen molar-refractivity contribution in [2.24, 2.45) is 0 Å². The summed E-state index contributed by atoms with van der Waals surface area (Å²) in [4.78, 5) is 14.9. The number of carbonyl (C=O) groups is 1. The van der Waals surface area contributed by atoms with Crippen molar-refractivity contribution in [1.29, 1.82) is 0 Å². The van der Waals surface area contributed by atoms with E-state index in [0.29, 0.717) is 12.1 Å². The molecule has 1 saturated heterocycles. The number of nitrogens with zero attached hydrogens (tertiary/aromatic N) is 2. The van der Waals surface area contributed by atoms with Gasteiger partial charge in [0.25, 0.3) is 5.91 Å². The lowest BCUT2D eigenvalue weighted by Crippen LogP contribution is -2.48. The molecule has 0 spiro atoms. The molecule has 0 bridgehead atoms. The highest BCUT2D eigenvalue weighted by Crippen LogP contribution is 2.24. The van der Waals surface area contributed by atoms with Crippen molar-refractivity contribution < 1.29 is 9.18 Å². The number of H-pyrrole nitrogens is 1. The lowest BCUT2D eigenvalue weighted by atomic mass is 10.0. The number of rotatable bonds is 4. The van der Waals surface area contributed by atoms with Gasteiger partial charge in [-0.2, -0.15) is 5.10 Å². The number of halogens is 1. The van der Waals surface area contributed by atoms with E-state index in [1.54, 1.807) is 12.1 Å². The van der Waals surface area contributed by atoms with Crippen LogP contribution in [-0.4, -0.2) is 35.2 Å². The number of carbonyl (C=O) groups excluding carboxylic acids is 1. The molecule has 1 amide bonds. The Hall–Kier alpha value is -3.15. The molecule has 0 radical (unpaired) electrons. The fraction of sp³-hybridized carbons (Fsp3) is 0.304. The predicted octanol–water partition coefficient (Wildman–Crippen LogP) is 4.23. The zero-order chi connectivity index (χ0) is 20.4. The van der Waals surface area contributed by atoms with E-state index in [2.05, 4.69) is 26.5 Å². The number of piperidine rings is 1. The molecule has 1 atom stereocenters. The van der Waals surface area contributed by atoms with Crippen LogP contribution in [0, 0.1) is 19.7 Å². The molecule has 1 aromatic heterocycles. The van der Waals surface area contributed by atoms with Crippen molar-refractivity contribution in [2.45, 2.75) is 32.7 Å². The fourth-order valence-electron chi connectivity index (χ4n) is 3.93. The van der Waals surface area contributed by atoms with E-state index in [0.717, 1.165) is 47.6 Å². The third-order valence-electron chi connectivity index (χ3n) is 5.28. The van der Waals surface area contributed by atoms with Gasteiger partial charge >= 0.3 is 0 Å². The quantitative estimate of drug-likeness (QED) is 0.698. The molecule has 1 aliphatic rings. The van der Waals surface area contributed by atoms with E-state index >= 15 is 0 Å². The first kappa shape index (κ1) is 19.2. The molecule has 0 unspecified atom stereocenters. The van der Waals surface area contributed by atoms with E-state index in [9.17, 15) is 9.18 Å². The molecule has 2 N–H and O–H groups in total. The minimum absolute atomic E-state index is 0.0299. The number of benzene rings is 2. The number of nitrogens with one attached hydrogen (secondary N) is 2. The number of amides is 1. The average molecular weight is 392 g/mol. The Bertz CT molecular complexity index is 992. The van der Waals surface area contributed by atoms with Gasteiger partial charge in [-0.15, -0.1) is 0 Å². The van der Waals surface area contributed by atoms with Gasteiger partial charge in [0.1, 0.15) is 5.82 Å². The monoisotopic (exact) mass is 392 g/mol. The topological polar surface area (TPSA) is 61.0 Å². The van der Waals surface area contributed by atoms with Crippen molar-refractivity contribution in [3.8, 4) is 11.3 Å². The van der Waals surface area contributed by atoms with Crippen LogP contribution in [0.2, 0.25) is 0 Å². The molecule has 4 rings (SSSR count). The molecule has 0 aliphatic carbocycles. The number of aromatic nitrogens is 2. The molecule has 150 valence electrons. The van der Waals surface area contributed by atoms with Crippen LogP contribution >= 0.6 is 0 Å². The number of hydrogen-bond acceptors (Lipinski definition) is 3. The van der Waals surface area contributed by atoms with Crippen LogP contribution < -0.4 is 10.2 Å². The number of hydrogen-bond donors (Lipinski definition) is 2. The molecular weight excluding hydrogens is 367 g/mol. The average Bonchev–Trinajstić information content (AvgIpc) is 3.18. The summed E-state index contributed by atoms with van der Waals surface area (Å²) >= 11 is 0. The Labute approximate surface area is 169 Å². The van der Waals surface area contributed by atoms with Crippen LogP contribution in [0.15, 0.2) is 48.5 Å².